The average Bonchev–Trinajstić information content (AvgIpc) is 0.833. The van der Waals surface area contributed by atoms with Crippen LogP contribution in [0.25, 0.3) is 0 Å². The molecule has 498 valence electrons. The van der Waals surface area contributed by atoms with Gasteiger partial charge in [0.05, 0.1) is 102 Å². The van der Waals surface area contributed by atoms with Gasteiger partial charge in [0.15, 0.2) is 41.8 Å². The molecule has 91 heavy (non-hydrogen) atoms. The van der Waals surface area contributed by atoms with Crippen LogP contribution in [0.1, 0.15) is 62.9 Å². The minimum atomic E-state index is -2.17. The van der Waals surface area contributed by atoms with Crippen LogP contribution in [-0.2, 0) is 52.3 Å². The monoisotopic (exact) mass is 1440 g/mol. The lowest BCUT2D eigenvalue weighted by Gasteiger charge is -2.46. The number of rotatable bonds is 23. The van der Waals surface area contributed by atoms with Gasteiger partial charge in [-0.15, -0.1) is 0 Å². The number of hydrogen-bond donors (Lipinski definition) is 8. The van der Waals surface area contributed by atoms with Gasteiger partial charge in [-0.25, -0.2) is 4.79 Å². The summed E-state index contributed by atoms with van der Waals surface area (Å²) < 4.78 is 72.6. The number of aliphatic hydroxyl groups is 5. The van der Waals surface area contributed by atoms with E-state index in [9.17, 15) is 50.0 Å². The number of halogens is 1. The number of fused-ring (bicyclic) bond motifs is 2. The third-order valence-corrected chi connectivity index (χ3v) is 20.8. The Bertz CT molecular complexity index is 3170. The van der Waals surface area contributed by atoms with Crippen molar-refractivity contribution >= 4 is 78.6 Å². The Kier molecular flexibility index (Phi) is 25.9. The number of hydroxylamine groups is 1. The summed E-state index contributed by atoms with van der Waals surface area (Å²) in [6.07, 6.45) is -14.7. The summed E-state index contributed by atoms with van der Waals surface area (Å²) in [6.45, 7) is 9.27. The fourth-order valence-electron chi connectivity index (χ4n) is 11.1. The van der Waals surface area contributed by atoms with Gasteiger partial charge in [0.1, 0.15) is 36.6 Å². The lowest BCUT2D eigenvalue weighted by atomic mass is 9.75. The zero-order valence-electron chi connectivity index (χ0n) is 51.3. The molecular formula is C60H75IN4O23S3. The van der Waals surface area contributed by atoms with E-state index in [0.29, 0.717) is 20.6 Å². The van der Waals surface area contributed by atoms with Gasteiger partial charge in [-0.2, -0.15) is 5.48 Å². The van der Waals surface area contributed by atoms with Crippen LogP contribution in [0.4, 0.5) is 10.5 Å². The number of carbonyl (C=O) groups is 3. The van der Waals surface area contributed by atoms with Crippen molar-refractivity contribution in [2.24, 2.45) is 0 Å². The summed E-state index contributed by atoms with van der Waals surface area (Å²) in [5.74, 6) is 10.9. The number of non-ortho nitro benzene ring substituents is 1. The number of nitro benzene ring substituents is 1. The van der Waals surface area contributed by atoms with E-state index in [1.54, 1.807) is 53.0 Å². The van der Waals surface area contributed by atoms with Crippen molar-refractivity contribution in [1.82, 2.24) is 16.1 Å². The van der Waals surface area contributed by atoms with Crippen molar-refractivity contribution < 1.29 is 107 Å². The molecule has 2 aliphatic carbocycles. The quantitative estimate of drug-likeness (QED) is 0.0195. The molecule has 6 aliphatic rings. The van der Waals surface area contributed by atoms with Crippen molar-refractivity contribution in [3.8, 4) is 40.9 Å². The molecule has 31 heteroatoms. The Morgan fingerprint density at radius 2 is 1.59 bits per heavy atom. The van der Waals surface area contributed by atoms with Crippen LogP contribution >= 0.6 is 55.9 Å². The second kappa shape index (κ2) is 32.6. The van der Waals surface area contributed by atoms with Crippen LogP contribution in [0.5, 0.6) is 17.2 Å². The molecule has 1 amide bonds. The van der Waals surface area contributed by atoms with Crippen LogP contribution < -0.4 is 30.3 Å². The van der Waals surface area contributed by atoms with E-state index in [1.807, 2.05) is 29.5 Å². The summed E-state index contributed by atoms with van der Waals surface area (Å²) in [7, 11) is 9.29. The van der Waals surface area contributed by atoms with E-state index in [0.717, 1.165) is 18.9 Å². The van der Waals surface area contributed by atoms with Gasteiger partial charge >= 0.3 is 6.09 Å². The largest absolute Gasteiger partial charge is 0.492 e. The van der Waals surface area contributed by atoms with Crippen molar-refractivity contribution in [2.75, 3.05) is 54.5 Å². The Balaban J connectivity index is 1.03. The number of hydrogen-bond acceptors (Lipinski definition) is 28. The number of amides is 1. The van der Waals surface area contributed by atoms with E-state index in [2.05, 4.69) is 39.8 Å². The maximum absolute atomic E-state index is 14.5. The molecule has 0 unspecified atom stereocenters. The Morgan fingerprint density at radius 3 is 2.25 bits per heavy atom. The molecule has 0 saturated carbocycles. The number of allylic oxidation sites excluding steroid dienone is 3. The molecule has 4 fully saturated rings. The van der Waals surface area contributed by atoms with E-state index in [1.165, 1.54) is 67.2 Å². The van der Waals surface area contributed by atoms with Gasteiger partial charge in [0.25, 0.3) is 5.69 Å². The normalized spacial score (nSPS) is 34.0. The lowest BCUT2D eigenvalue weighted by molar-refractivity contribution is -0.384. The molecule has 4 heterocycles. The highest BCUT2D eigenvalue weighted by atomic mass is 127. The molecular weight excluding hydrogens is 1370 g/mol. The average molecular weight is 1440 g/mol. The van der Waals surface area contributed by atoms with Crippen molar-refractivity contribution in [3.63, 3.8) is 0 Å². The van der Waals surface area contributed by atoms with Gasteiger partial charge in [-0.3, -0.25) is 29.9 Å². The second-order valence-corrected chi connectivity index (χ2v) is 26.3. The molecule has 0 spiro atoms. The van der Waals surface area contributed by atoms with Crippen molar-refractivity contribution in [3.05, 3.63) is 84.1 Å². The number of alkyl carbamates (subject to hydrolysis) is 1. The number of carbonyl (C=O) groups excluding carboxylic acids is 3. The summed E-state index contributed by atoms with van der Waals surface area (Å²) >= 11 is 2.80. The number of ether oxygens (including phenoxy) is 12. The first kappa shape index (κ1) is 72.2. The van der Waals surface area contributed by atoms with Gasteiger partial charge in [-0.1, -0.05) is 70.0 Å². The number of nitro groups is 1. The van der Waals surface area contributed by atoms with E-state index >= 15 is 0 Å². The van der Waals surface area contributed by atoms with Gasteiger partial charge in [-0.05, 0) is 86.7 Å². The number of nitrogens with zero attached hydrogens (tertiary/aromatic N) is 1. The number of thioether (sulfide) groups is 1. The molecule has 19 atom stereocenters. The Labute approximate surface area is 551 Å². The standard InChI is InChI=1S/C60H75IN4O23S3/c1-11-62-35-27-81-40(25-39(35)76-6)86-53-48(69)45(64-88-41-24-36(66)55(31(5)82-41)90-56(71)42-28(2)44(61)51(54(79-9)50(42)77-7)87-57-49(70)52(78-8)47(68)30(4)84-57)29(3)83-58(53)85-38-16-14-12-13-15-22-60(73)26-37(67)46(63-59(72)80-10)43(38)34(60)21-23-89-91-33-19-17-32(18-20-33)65(74)75/h12-13,17-21,29-31,35-36,38-41,45,47-49,52-53,55,57-58,62,64,66,68-70,73H,11,23-27H2,1-10H3,(H,63,72)/b13-12-,34-21+/t29-,30+,31-,35+,36+,38+,39+,40+,41+,45-,47+,48+,49-,52-,53-,55-,57+,58+,60+/m1/s1. The minimum absolute atomic E-state index is 0.0112. The predicted molar refractivity (Wildman–Crippen MR) is 337 cm³/mol. The van der Waals surface area contributed by atoms with Gasteiger partial charge in [0, 0.05) is 61.0 Å². The number of nitrogens with one attached hydrogen (secondary N) is 3. The molecule has 27 nitrogen and oxygen atoms in total. The van der Waals surface area contributed by atoms with Crippen molar-refractivity contribution in [1.29, 1.82) is 0 Å². The Hall–Kier alpha value is -4.67. The first-order valence-electron chi connectivity index (χ1n) is 28.9. The zero-order chi connectivity index (χ0) is 66.0. The van der Waals surface area contributed by atoms with Crippen LogP contribution in [0, 0.1) is 44.3 Å². The highest BCUT2D eigenvalue weighted by molar-refractivity contribution is 14.1. The summed E-state index contributed by atoms with van der Waals surface area (Å²) in [5.41, 5.74) is 0.785. The van der Waals surface area contributed by atoms with Crippen LogP contribution in [0.3, 0.4) is 0 Å². The SMILES string of the molecule is CCN[C@H]1CO[C@@H](O[C@H]2[C@H](O[C@H]3C#C/C=C\C#C[C@]4(O)CC(=O)C(NC(=O)OC)=C3/C4=C\CSSc3ccc([N+](=O)[O-])cc3)O[C@H](C)[C@@H](NO[C@H]3C[C@H](O)[C@H](SC(=O)c4c(C)c(I)c(O[C@@H]5O[C@@H](C)[C@H](O)[C@@H](OC)[C@H]5O)c(OC)c4OC)[C@@H](C)O3)[C@@H]2O)C[C@@H]1OC. The zero-order valence-corrected chi connectivity index (χ0v) is 55.9. The molecule has 0 radical (unpaired) electrons. The number of likely N-dealkylation sites (N-methyl/N-ethyl adjacent to an activating group) is 1. The molecule has 2 bridgehead atoms. The van der Waals surface area contributed by atoms with E-state index in [4.69, 9.17) is 61.7 Å². The fraction of sp³-hybridized carbons (Fsp3) is 0.583. The highest BCUT2D eigenvalue weighted by Crippen LogP contribution is 2.49. The molecule has 8 N–H and O–H groups in total. The molecule has 4 saturated heterocycles. The van der Waals surface area contributed by atoms with Crippen LogP contribution in [-0.4, -0.2) is 217 Å². The maximum atomic E-state index is 14.5. The van der Waals surface area contributed by atoms with Crippen LogP contribution in [0.2, 0.25) is 0 Å². The van der Waals surface area contributed by atoms with Gasteiger partial charge < -0.3 is 87.7 Å². The number of ketones is 1. The molecule has 8 rings (SSSR count). The topological polar surface area (TPSA) is 352 Å². The summed E-state index contributed by atoms with van der Waals surface area (Å²) in [6, 6.07) is 4.58. The highest BCUT2D eigenvalue weighted by Gasteiger charge is 2.52. The summed E-state index contributed by atoms with van der Waals surface area (Å²) in [5, 5.41) is 74.2. The van der Waals surface area contributed by atoms with Gasteiger partial charge in [0.2, 0.25) is 17.2 Å². The molecule has 4 aliphatic heterocycles. The molecule has 2 aromatic carbocycles. The molecule has 0 aromatic heterocycles. The lowest BCUT2D eigenvalue weighted by Crippen LogP contribution is -2.65. The molecule has 2 aromatic rings. The summed E-state index contributed by atoms with van der Waals surface area (Å²) in [4.78, 5) is 59.4. The van der Waals surface area contributed by atoms with Crippen LogP contribution in [0.15, 0.2) is 64.2 Å². The van der Waals surface area contributed by atoms with E-state index < -0.39 is 138 Å². The minimum Gasteiger partial charge on any atom is -0.492 e. The maximum Gasteiger partial charge on any atom is 0.411 e. The smallest absolute Gasteiger partial charge is 0.411 e. The van der Waals surface area contributed by atoms with Crippen molar-refractivity contribution in [2.45, 2.75) is 174 Å². The first-order chi connectivity index (χ1) is 43.5. The fourth-order valence-corrected chi connectivity index (χ4v) is 14.8. The third-order valence-electron chi connectivity index (χ3n) is 15.9. The number of Topliss-reactive ketones (excluding diaryl/α,β-unsaturated/α-hetero) is 1. The third kappa shape index (κ3) is 16.7. The first-order valence-corrected chi connectivity index (χ1v) is 33.2. The predicted octanol–water partition coefficient (Wildman–Crippen LogP) is 3.89. The van der Waals surface area contributed by atoms with E-state index in [-0.39, 0.29) is 76.6 Å². The Morgan fingerprint density at radius 1 is 0.879 bits per heavy atom. The number of benzene rings is 2. The number of aliphatic hydroxyl groups excluding tert-OH is 4. The second-order valence-electron chi connectivity index (χ2n) is 21.7. The number of methoxy groups -OCH3 is 5.